The van der Waals surface area contributed by atoms with Gasteiger partial charge in [0.05, 0.1) is 11.7 Å². The maximum Gasteiger partial charge on any atom is 0.380 e. The van der Waals surface area contributed by atoms with Gasteiger partial charge < -0.3 is 5.11 Å². The highest BCUT2D eigenvalue weighted by Gasteiger charge is 2.19. The molecule has 0 spiro atoms. The van der Waals surface area contributed by atoms with E-state index < -0.39 is 11.8 Å². The summed E-state index contributed by atoms with van der Waals surface area (Å²) in [4.78, 5) is 25.3. The Morgan fingerprint density at radius 2 is 2.14 bits per heavy atom. The first-order chi connectivity index (χ1) is 6.70. The Morgan fingerprint density at radius 1 is 1.36 bits per heavy atom. The van der Waals surface area contributed by atoms with Crippen molar-refractivity contribution in [3.8, 4) is 0 Å². The molecule has 2 rings (SSSR count). The smallest absolute Gasteiger partial charge is 0.380 e. The first-order valence-electron chi connectivity index (χ1n) is 3.90. The summed E-state index contributed by atoms with van der Waals surface area (Å²) in [6.07, 6.45) is 3.05. The molecule has 0 saturated carbocycles. The van der Waals surface area contributed by atoms with Gasteiger partial charge in [0.2, 0.25) is 0 Å². The van der Waals surface area contributed by atoms with Crippen LogP contribution in [0.4, 0.5) is 0 Å². The minimum Gasteiger partial charge on any atom is -0.475 e. The number of aromatic nitrogens is 2. The Kier molecular flexibility index (Phi) is 1.78. The lowest BCUT2D eigenvalue weighted by molar-refractivity contribution is -0.131. The molecule has 0 aliphatic heterocycles. The van der Waals surface area contributed by atoms with Crippen LogP contribution in [0, 0.1) is 0 Å². The predicted octanol–water partition coefficient (Wildman–Crippen LogP) is 0.602. The monoisotopic (exact) mass is 190 g/mol. The number of ketones is 1. The van der Waals surface area contributed by atoms with Gasteiger partial charge in [0.1, 0.15) is 0 Å². The third kappa shape index (κ3) is 1.15. The van der Waals surface area contributed by atoms with Crippen LogP contribution in [0.15, 0.2) is 30.6 Å². The number of carboxylic acid groups (broad SMARTS) is 1. The Hall–Kier alpha value is -2.17. The molecule has 0 radical (unpaired) electrons. The first-order valence-corrected chi connectivity index (χ1v) is 3.90. The van der Waals surface area contributed by atoms with E-state index >= 15 is 0 Å². The number of hydrogen-bond donors (Lipinski definition) is 1. The molecule has 0 saturated heterocycles. The van der Waals surface area contributed by atoms with Crippen LogP contribution in [-0.2, 0) is 4.79 Å². The lowest BCUT2D eigenvalue weighted by Gasteiger charge is -1.95. The molecule has 2 aromatic rings. The SMILES string of the molecule is O=C(O)C(=O)c1ncc2ccccn12. The number of aliphatic carboxylic acids is 1. The van der Waals surface area contributed by atoms with E-state index in [1.54, 1.807) is 24.4 Å². The van der Waals surface area contributed by atoms with Crippen LogP contribution < -0.4 is 0 Å². The van der Waals surface area contributed by atoms with Gasteiger partial charge in [-0.2, -0.15) is 0 Å². The van der Waals surface area contributed by atoms with Gasteiger partial charge >= 0.3 is 11.8 Å². The van der Waals surface area contributed by atoms with Gasteiger partial charge in [0.25, 0.3) is 0 Å². The molecular weight excluding hydrogens is 184 g/mol. The summed E-state index contributed by atoms with van der Waals surface area (Å²) in [5.41, 5.74) is 0.692. The van der Waals surface area contributed by atoms with Gasteiger partial charge in [0, 0.05) is 6.20 Å². The zero-order chi connectivity index (χ0) is 10.1. The van der Waals surface area contributed by atoms with Crippen LogP contribution in [0.3, 0.4) is 0 Å². The van der Waals surface area contributed by atoms with Gasteiger partial charge in [-0.25, -0.2) is 9.78 Å². The van der Waals surface area contributed by atoms with Crippen molar-refractivity contribution in [1.82, 2.24) is 9.38 Å². The minimum atomic E-state index is -1.50. The lowest BCUT2D eigenvalue weighted by atomic mass is 10.3. The molecule has 1 N–H and O–H groups in total. The molecule has 5 nitrogen and oxygen atoms in total. The van der Waals surface area contributed by atoms with Crippen molar-refractivity contribution in [2.45, 2.75) is 0 Å². The number of carboxylic acids is 1. The van der Waals surface area contributed by atoms with Crippen LogP contribution in [0.2, 0.25) is 0 Å². The van der Waals surface area contributed by atoms with E-state index in [1.807, 2.05) is 0 Å². The molecule has 5 heteroatoms. The number of carbonyl (C=O) groups excluding carboxylic acids is 1. The Balaban J connectivity index is 2.64. The molecule has 2 aromatic heterocycles. The van der Waals surface area contributed by atoms with Crippen LogP contribution in [0.5, 0.6) is 0 Å². The summed E-state index contributed by atoms with van der Waals surface area (Å²) < 4.78 is 1.44. The van der Waals surface area contributed by atoms with Crippen molar-refractivity contribution < 1.29 is 14.7 Å². The quantitative estimate of drug-likeness (QED) is 0.556. The van der Waals surface area contributed by atoms with E-state index in [0.717, 1.165) is 0 Å². The highest BCUT2D eigenvalue weighted by molar-refractivity contribution is 6.38. The molecular formula is C9H6N2O3. The average molecular weight is 190 g/mol. The van der Waals surface area contributed by atoms with Crippen molar-refractivity contribution in [3.63, 3.8) is 0 Å². The van der Waals surface area contributed by atoms with E-state index in [9.17, 15) is 9.59 Å². The molecule has 14 heavy (non-hydrogen) atoms. The largest absolute Gasteiger partial charge is 0.475 e. The van der Waals surface area contributed by atoms with Gasteiger partial charge in [-0.15, -0.1) is 0 Å². The van der Waals surface area contributed by atoms with Crippen LogP contribution in [0.25, 0.3) is 5.52 Å². The second-order valence-corrected chi connectivity index (χ2v) is 2.71. The zero-order valence-corrected chi connectivity index (χ0v) is 7.04. The standard InChI is InChI=1S/C9H6N2O3/c12-7(9(13)14)8-10-5-6-3-1-2-4-11(6)8/h1-5H,(H,13,14). The number of nitrogens with zero attached hydrogens (tertiary/aromatic N) is 2. The number of imidazole rings is 1. The number of fused-ring (bicyclic) bond motifs is 1. The highest BCUT2D eigenvalue weighted by atomic mass is 16.4. The van der Waals surface area contributed by atoms with Crippen molar-refractivity contribution >= 4 is 17.3 Å². The second kappa shape index (κ2) is 2.95. The van der Waals surface area contributed by atoms with E-state index in [-0.39, 0.29) is 5.82 Å². The summed E-state index contributed by atoms with van der Waals surface area (Å²) in [7, 11) is 0. The van der Waals surface area contributed by atoms with Crippen molar-refractivity contribution in [2.75, 3.05) is 0 Å². The molecule has 0 fully saturated rings. The molecule has 0 aliphatic rings. The summed E-state index contributed by atoms with van der Waals surface area (Å²) in [5, 5.41) is 8.51. The Labute approximate surface area is 78.6 Å². The number of Topliss-reactive ketones (excluding diaryl/α,β-unsaturated/α-hetero) is 1. The van der Waals surface area contributed by atoms with E-state index in [0.29, 0.717) is 5.52 Å². The normalized spacial score (nSPS) is 10.3. The topological polar surface area (TPSA) is 71.7 Å². The Morgan fingerprint density at radius 3 is 2.86 bits per heavy atom. The summed E-state index contributed by atoms with van der Waals surface area (Å²) >= 11 is 0. The minimum absolute atomic E-state index is 0.0758. The molecule has 0 atom stereocenters. The summed E-state index contributed by atoms with van der Waals surface area (Å²) in [6, 6.07) is 5.23. The summed E-state index contributed by atoms with van der Waals surface area (Å²) in [5.74, 6) is -2.58. The van der Waals surface area contributed by atoms with E-state index in [4.69, 9.17) is 5.11 Å². The lowest BCUT2D eigenvalue weighted by Crippen LogP contribution is -2.16. The molecule has 70 valence electrons. The van der Waals surface area contributed by atoms with Crippen LogP contribution >= 0.6 is 0 Å². The van der Waals surface area contributed by atoms with Gasteiger partial charge in [-0.3, -0.25) is 9.20 Å². The van der Waals surface area contributed by atoms with E-state index in [2.05, 4.69) is 4.98 Å². The number of hydrogen-bond acceptors (Lipinski definition) is 3. The van der Waals surface area contributed by atoms with Gasteiger partial charge in [-0.1, -0.05) is 6.07 Å². The Bertz CT molecular complexity index is 516. The molecule has 0 aliphatic carbocycles. The van der Waals surface area contributed by atoms with Crippen molar-refractivity contribution in [1.29, 1.82) is 0 Å². The number of carbonyl (C=O) groups is 2. The third-order valence-electron chi connectivity index (χ3n) is 1.84. The first kappa shape index (κ1) is 8.43. The van der Waals surface area contributed by atoms with Crippen molar-refractivity contribution in [2.24, 2.45) is 0 Å². The maximum absolute atomic E-state index is 11.1. The van der Waals surface area contributed by atoms with E-state index in [1.165, 1.54) is 10.6 Å². The molecule has 0 unspecified atom stereocenters. The fourth-order valence-electron chi connectivity index (χ4n) is 1.21. The average Bonchev–Trinajstić information content (AvgIpc) is 2.60. The third-order valence-corrected chi connectivity index (χ3v) is 1.84. The highest BCUT2D eigenvalue weighted by Crippen LogP contribution is 2.06. The number of rotatable bonds is 2. The van der Waals surface area contributed by atoms with Gasteiger partial charge in [0.15, 0.2) is 5.82 Å². The van der Waals surface area contributed by atoms with Crippen LogP contribution in [0.1, 0.15) is 10.6 Å². The summed E-state index contributed by atoms with van der Waals surface area (Å²) in [6.45, 7) is 0. The fraction of sp³-hybridized carbons (Fsp3) is 0. The second-order valence-electron chi connectivity index (χ2n) is 2.71. The van der Waals surface area contributed by atoms with Gasteiger partial charge in [-0.05, 0) is 12.1 Å². The van der Waals surface area contributed by atoms with Crippen molar-refractivity contribution in [3.05, 3.63) is 36.4 Å². The molecule has 0 aromatic carbocycles. The maximum atomic E-state index is 11.1. The zero-order valence-electron chi connectivity index (χ0n) is 7.04. The predicted molar refractivity (Wildman–Crippen MR) is 47.2 cm³/mol. The fourth-order valence-corrected chi connectivity index (χ4v) is 1.21. The molecule has 0 bridgehead atoms. The van der Waals surface area contributed by atoms with Crippen LogP contribution in [-0.4, -0.2) is 26.2 Å². The molecule has 0 amide bonds. The molecule has 2 heterocycles. The number of pyridine rings is 1.